The number of anilines is 2. The normalized spacial score (nSPS) is 22.4. The molecule has 8 nitrogen and oxygen atoms in total. The van der Waals surface area contributed by atoms with E-state index in [9.17, 15) is 19.2 Å². The molecule has 0 spiro atoms. The van der Waals surface area contributed by atoms with Crippen LogP contribution in [0.4, 0.5) is 11.4 Å². The molecule has 1 aromatic rings. The Balaban J connectivity index is 1.41. The van der Waals surface area contributed by atoms with Crippen LogP contribution in [0.15, 0.2) is 45.7 Å². The Morgan fingerprint density at radius 1 is 0.583 bits per heavy atom. The molecule has 4 amide bonds. The number of para-hydroxylation sites is 2. The maximum absolute atomic E-state index is 13.4. The van der Waals surface area contributed by atoms with E-state index in [-0.39, 0.29) is 44.9 Å². The highest BCUT2D eigenvalue weighted by Gasteiger charge is 2.45. The van der Waals surface area contributed by atoms with Crippen LogP contribution in [0, 0.1) is 0 Å². The van der Waals surface area contributed by atoms with E-state index in [1.54, 1.807) is 12.1 Å². The number of carbonyl (C=O) groups is 4. The minimum Gasteiger partial charge on any atom is -0.376 e. The van der Waals surface area contributed by atoms with Crippen molar-refractivity contribution in [3.8, 4) is 0 Å². The number of hydrogen-bond acceptors (Lipinski definition) is 6. The summed E-state index contributed by atoms with van der Waals surface area (Å²) in [5, 5.41) is 5.93. The third-order valence-electron chi connectivity index (χ3n) is 7.33. The molecule has 10 heteroatoms. The van der Waals surface area contributed by atoms with Crippen LogP contribution >= 0.6 is 23.2 Å². The number of benzene rings is 1. The van der Waals surface area contributed by atoms with E-state index in [0.29, 0.717) is 0 Å². The molecule has 5 rings (SSSR count). The largest absolute Gasteiger partial charge is 0.376 e. The molecule has 2 fully saturated rings. The van der Waals surface area contributed by atoms with Crippen LogP contribution in [-0.2, 0) is 19.2 Å². The summed E-state index contributed by atoms with van der Waals surface area (Å²) in [7, 11) is 0. The molecule has 2 aliphatic carbocycles. The lowest BCUT2D eigenvalue weighted by Gasteiger charge is -2.26. The van der Waals surface area contributed by atoms with Gasteiger partial charge in [0.15, 0.2) is 0 Å². The molecule has 2 N–H and O–H groups in total. The van der Waals surface area contributed by atoms with Gasteiger partial charge in [0.25, 0.3) is 23.6 Å². The summed E-state index contributed by atoms with van der Waals surface area (Å²) in [5.74, 6) is -2.62. The molecular formula is C26H28Cl2N4O4. The molecule has 0 bridgehead atoms. The van der Waals surface area contributed by atoms with E-state index in [1.807, 2.05) is 0 Å². The molecule has 4 aliphatic rings. The van der Waals surface area contributed by atoms with E-state index in [2.05, 4.69) is 10.6 Å². The molecule has 0 aromatic heterocycles. The maximum Gasteiger partial charge on any atom is 0.283 e. The molecule has 0 saturated heterocycles. The Bertz CT molecular complexity index is 1090. The summed E-state index contributed by atoms with van der Waals surface area (Å²) in [4.78, 5) is 54.9. The number of amides is 4. The van der Waals surface area contributed by atoms with Gasteiger partial charge in [-0.3, -0.25) is 19.2 Å². The maximum atomic E-state index is 13.4. The molecule has 2 heterocycles. The van der Waals surface area contributed by atoms with E-state index in [0.717, 1.165) is 74.0 Å². The third kappa shape index (κ3) is 4.41. The lowest BCUT2D eigenvalue weighted by atomic mass is 9.95. The Labute approximate surface area is 219 Å². The van der Waals surface area contributed by atoms with Crippen molar-refractivity contribution in [2.75, 3.05) is 9.80 Å². The fraction of sp³-hybridized carbons (Fsp3) is 0.462. The molecule has 2 saturated carbocycles. The second-order valence-corrected chi connectivity index (χ2v) is 10.5. The van der Waals surface area contributed by atoms with Crippen LogP contribution in [0.5, 0.6) is 0 Å². The van der Waals surface area contributed by atoms with Crippen LogP contribution in [0.3, 0.4) is 0 Å². The molecule has 1 aromatic carbocycles. The highest BCUT2D eigenvalue weighted by atomic mass is 35.5. The van der Waals surface area contributed by atoms with Gasteiger partial charge < -0.3 is 10.6 Å². The number of imide groups is 2. The van der Waals surface area contributed by atoms with E-state index < -0.39 is 23.6 Å². The topological polar surface area (TPSA) is 98.8 Å². The number of rotatable bonds is 6. The first-order chi connectivity index (χ1) is 17.4. The minimum absolute atomic E-state index is 0.0539. The van der Waals surface area contributed by atoms with Crippen LogP contribution < -0.4 is 20.4 Å². The zero-order valence-electron chi connectivity index (χ0n) is 19.8. The Kier molecular flexibility index (Phi) is 7.08. The monoisotopic (exact) mass is 530 g/mol. The van der Waals surface area contributed by atoms with Gasteiger partial charge in [-0.2, -0.15) is 0 Å². The number of hydrogen-bond donors (Lipinski definition) is 2. The van der Waals surface area contributed by atoms with Crippen molar-refractivity contribution in [2.24, 2.45) is 0 Å². The first-order valence-corrected chi connectivity index (χ1v) is 13.3. The van der Waals surface area contributed by atoms with Gasteiger partial charge in [-0.15, -0.1) is 0 Å². The van der Waals surface area contributed by atoms with Crippen molar-refractivity contribution in [1.29, 1.82) is 0 Å². The van der Waals surface area contributed by atoms with Crippen molar-refractivity contribution < 1.29 is 19.2 Å². The quantitative estimate of drug-likeness (QED) is 0.535. The lowest BCUT2D eigenvalue weighted by molar-refractivity contribution is -0.122. The van der Waals surface area contributed by atoms with Crippen molar-refractivity contribution >= 4 is 58.2 Å². The van der Waals surface area contributed by atoms with Crippen molar-refractivity contribution in [1.82, 2.24) is 10.6 Å². The SMILES string of the molecule is O=C1C(Cl)=C(NC2CCCCC2)C(=O)N1c1ccccc1N1C(=O)C(Cl)=C(NC2CCCCC2)C1=O. The van der Waals surface area contributed by atoms with Gasteiger partial charge in [-0.25, -0.2) is 9.80 Å². The zero-order valence-corrected chi connectivity index (χ0v) is 21.3. The lowest BCUT2D eigenvalue weighted by Crippen LogP contribution is -2.40. The molecule has 36 heavy (non-hydrogen) atoms. The van der Waals surface area contributed by atoms with Gasteiger partial charge in [-0.05, 0) is 37.8 Å². The second-order valence-electron chi connectivity index (χ2n) is 9.72. The van der Waals surface area contributed by atoms with Crippen molar-refractivity contribution in [3.05, 3.63) is 45.7 Å². The molecule has 190 valence electrons. The van der Waals surface area contributed by atoms with Crippen molar-refractivity contribution in [3.63, 3.8) is 0 Å². The minimum atomic E-state index is -0.703. The van der Waals surface area contributed by atoms with Gasteiger partial charge in [0.2, 0.25) is 0 Å². The number of nitrogens with one attached hydrogen (secondary N) is 2. The summed E-state index contributed by atoms with van der Waals surface area (Å²) in [6, 6.07) is 6.40. The third-order valence-corrected chi connectivity index (χ3v) is 8.03. The average molecular weight is 531 g/mol. The second kappa shape index (κ2) is 10.3. The highest BCUT2D eigenvalue weighted by Crippen LogP contribution is 2.39. The summed E-state index contributed by atoms with van der Waals surface area (Å²) in [6.07, 6.45) is 10.0. The first-order valence-electron chi connectivity index (χ1n) is 12.6. The van der Waals surface area contributed by atoms with Gasteiger partial charge in [0.1, 0.15) is 21.5 Å². The van der Waals surface area contributed by atoms with Crippen LogP contribution in [-0.4, -0.2) is 35.7 Å². The molecule has 0 atom stereocenters. The van der Waals surface area contributed by atoms with Crippen molar-refractivity contribution in [2.45, 2.75) is 76.3 Å². The summed E-state index contributed by atoms with van der Waals surface area (Å²) in [5.41, 5.74) is 0.295. The van der Waals surface area contributed by atoms with Gasteiger partial charge >= 0.3 is 0 Å². The fourth-order valence-electron chi connectivity index (χ4n) is 5.44. The number of nitrogens with zero attached hydrogens (tertiary/aromatic N) is 2. The van der Waals surface area contributed by atoms with Crippen LogP contribution in [0.2, 0.25) is 0 Å². The molecule has 0 radical (unpaired) electrons. The summed E-state index contributed by atoms with van der Waals surface area (Å²) >= 11 is 12.7. The molecule has 2 aliphatic heterocycles. The van der Waals surface area contributed by atoms with Crippen LogP contribution in [0.25, 0.3) is 0 Å². The standard InChI is InChI=1S/C26H28Cl2N4O4/c27-19-21(29-15-9-3-1-4-10-15)25(35)31(23(19)33)17-13-7-8-14-18(17)32-24(34)20(28)22(26(32)36)30-16-11-5-2-6-12-16/h7-8,13-16,29-30H,1-6,9-12H2. The predicted molar refractivity (Wildman–Crippen MR) is 137 cm³/mol. The number of halogens is 2. The highest BCUT2D eigenvalue weighted by molar-refractivity contribution is 6.54. The first kappa shape index (κ1) is 24.8. The molecule has 0 unspecified atom stereocenters. The predicted octanol–water partition coefficient (Wildman–Crippen LogP) is 4.18. The summed E-state index contributed by atoms with van der Waals surface area (Å²) in [6.45, 7) is 0. The zero-order chi connectivity index (χ0) is 25.4. The van der Waals surface area contributed by atoms with Gasteiger partial charge in [0.05, 0.1) is 11.4 Å². The molecular weight excluding hydrogens is 503 g/mol. The van der Waals surface area contributed by atoms with Crippen LogP contribution in [0.1, 0.15) is 64.2 Å². The fourth-order valence-corrected chi connectivity index (χ4v) is 5.88. The van der Waals surface area contributed by atoms with E-state index >= 15 is 0 Å². The Morgan fingerprint density at radius 3 is 1.31 bits per heavy atom. The smallest absolute Gasteiger partial charge is 0.283 e. The van der Waals surface area contributed by atoms with Gasteiger partial charge in [-0.1, -0.05) is 73.9 Å². The average Bonchev–Trinajstić information content (AvgIpc) is 3.23. The summed E-state index contributed by atoms with van der Waals surface area (Å²) < 4.78 is 0. The van der Waals surface area contributed by atoms with Gasteiger partial charge in [0, 0.05) is 12.1 Å². The number of carbonyl (C=O) groups excluding carboxylic acids is 4. The Hall–Kier alpha value is -2.84. The Morgan fingerprint density at radius 2 is 0.944 bits per heavy atom. The van der Waals surface area contributed by atoms with E-state index in [4.69, 9.17) is 23.2 Å². The van der Waals surface area contributed by atoms with E-state index in [1.165, 1.54) is 12.1 Å².